The van der Waals surface area contributed by atoms with Crippen molar-refractivity contribution in [2.24, 2.45) is 0 Å². The van der Waals surface area contributed by atoms with Crippen LogP contribution in [0.4, 0.5) is 17.3 Å². The maximum absolute atomic E-state index is 12.7. The zero-order valence-electron chi connectivity index (χ0n) is 16.2. The van der Waals surface area contributed by atoms with Crippen molar-refractivity contribution in [3.63, 3.8) is 0 Å². The van der Waals surface area contributed by atoms with Crippen molar-refractivity contribution in [2.45, 2.75) is 6.92 Å². The highest BCUT2D eigenvalue weighted by molar-refractivity contribution is 6.04. The number of rotatable bonds is 6. The number of carbonyl (C=O) groups excluding carboxylic acids is 2. The molecule has 0 unspecified atom stereocenters. The summed E-state index contributed by atoms with van der Waals surface area (Å²) in [5.41, 5.74) is 2.09. The Morgan fingerprint density at radius 2 is 1.62 bits per heavy atom. The smallest absolute Gasteiger partial charge is 0.339 e. The summed E-state index contributed by atoms with van der Waals surface area (Å²) in [6.45, 7) is 1.75. The third-order valence-electron chi connectivity index (χ3n) is 4.02. The van der Waals surface area contributed by atoms with Crippen molar-refractivity contribution >= 4 is 29.2 Å². The van der Waals surface area contributed by atoms with E-state index in [2.05, 4.69) is 20.6 Å². The Morgan fingerprint density at radius 3 is 2.34 bits per heavy atom. The van der Waals surface area contributed by atoms with Gasteiger partial charge in [-0.1, -0.05) is 24.3 Å². The van der Waals surface area contributed by atoms with E-state index in [1.165, 1.54) is 14.2 Å². The lowest BCUT2D eigenvalue weighted by Gasteiger charge is -2.12. The number of nitrogens with zero attached hydrogens (tertiary/aromatic N) is 2. The van der Waals surface area contributed by atoms with Crippen LogP contribution in [0.15, 0.2) is 54.6 Å². The first-order valence-corrected chi connectivity index (χ1v) is 8.76. The van der Waals surface area contributed by atoms with Gasteiger partial charge in [-0.15, -0.1) is 0 Å². The monoisotopic (exact) mass is 392 g/mol. The fourth-order valence-electron chi connectivity index (χ4n) is 2.68. The van der Waals surface area contributed by atoms with Gasteiger partial charge in [0.15, 0.2) is 0 Å². The van der Waals surface area contributed by atoms with Gasteiger partial charge in [-0.3, -0.25) is 4.79 Å². The molecule has 1 aromatic heterocycles. The number of carbonyl (C=O) groups is 2. The number of esters is 1. The summed E-state index contributed by atoms with van der Waals surface area (Å²) in [5, 5.41) is 5.76. The van der Waals surface area contributed by atoms with E-state index >= 15 is 0 Å². The van der Waals surface area contributed by atoms with Crippen LogP contribution < -0.4 is 15.4 Å². The minimum Gasteiger partial charge on any atom is -0.495 e. The number of benzene rings is 2. The summed E-state index contributed by atoms with van der Waals surface area (Å²) in [5.74, 6) is -0.178. The Bertz CT molecular complexity index is 1050. The van der Waals surface area contributed by atoms with Crippen LogP contribution in [-0.4, -0.2) is 36.1 Å². The second-order valence-electron chi connectivity index (χ2n) is 6.03. The predicted molar refractivity (Wildman–Crippen MR) is 109 cm³/mol. The van der Waals surface area contributed by atoms with Crippen molar-refractivity contribution in [1.82, 2.24) is 9.97 Å². The van der Waals surface area contributed by atoms with Gasteiger partial charge in [-0.2, -0.15) is 0 Å². The van der Waals surface area contributed by atoms with Crippen LogP contribution in [0.25, 0.3) is 0 Å². The maximum Gasteiger partial charge on any atom is 0.339 e. The molecule has 0 bridgehead atoms. The molecule has 8 nitrogen and oxygen atoms in total. The topological polar surface area (TPSA) is 102 Å². The molecule has 29 heavy (non-hydrogen) atoms. The van der Waals surface area contributed by atoms with Gasteiger partial charge in [-0.25, -0.2) is 14.8 Å². The Morgan fingerprint density at radius 1 is 0.931 bits per heavy atom. The van der Waals surface area contributed by atoms with Gasteiger partial charge in [0.2, 0.25) is 5.95 Å². The molecule has 0 radical (unpaired) electrons. The van der Waals surface area contributed by atoms with Gasteiger partial charge in [0.05, 0.1) is 31.2 Å². The summed E-state index contributed by atoms with van der Waals surface area (Å²) >= 11 is 0. The molecular formula is C21H20N4O4. The number of hydrogen-bond donors (Lipinski definition) is 2. The molecule has 0 atom stereocenters. The van der Waals surface area contributed by atoms with E-state index in [1.54, 1.807) is 55.5 Å². The summed E-state index contributed by atoms with van der Waals surface area (Å²) < 4.78 is 10.0. The highest BCUT2D eigenvalue weighted by atomic mass is 16.5. The zero-order chi connectivity index (χ0) is 20.8. The van der Waals surface area contributed by atoms with Gasteiger partial charge < -0.3 is 20.1 Å². The van der Waals surface area contributed by atoms with Crippen LogP contribution in [-0.2, 0) is 4.74 Å². The van der Waals surface area contributed by atoms with Crippen molar-refractivity contribution in [3.05, 3.63) is 71.5 Å². The first-order valence-electron chi connectivity index (χ1n) is 8.76. The van der Waals surface area contributed by atoms with E-state index < -0.39 is 11.9 Å². The van der Waals surface area contributed by atoms with Gasteiger partial charge in [0, 0.05) is 5.69 Å². The van der Waals surface area contributed by atoms with Crippen molar-refractivity contribution in [2.75, 3.05) is 24.9 Å². The predicted octanol–water partition coefficient (Wildman–Crippen LogP) is 3.58. The van der Waals surface area contributed by atoms with Crippen molar-refractivity contribution in [3.8, 4) is 5.75 Å². The lowest BCUT2D eigenvalue weighted by Crippen LogP contribution is -2.16. The molecule has 0 aliphatic rings. The highest BCUT2D eigenvalue weighted by Crippen LogP contribution is 2.24. The van der Waals surface area contributed by atoms with E-state index in [1.807, 2.05) is 6.07 Å². The number of methoxy groups -OCH3 is 2. The van der Waals surface area contributed by atoms with Crippen LogP contribution in [0.3, 0.4) is 0 Å². The number of aryl methyl sites for hydroxylation is 1. The molecule has 8 heteroatoms. The molecule has 0 fully saturated rings. The van der Waals surface area contributed by atoms with E-state index in [0.717, 1.165) is 0 Å². The second-order valence-corrected chi connectivity index (χ2v) is 6.03. The molecule has 2 N–H and O–H groups in total. The first kappa shape index (κ1) is 19.8. The lowest BCUT2D eigenvalue weighted by molar-refractivity contribution is 0.0601. The zero-order valence-corrected chi connectivity index (χ0v) is 16.2. The molecule has 3 aromatic rings. The number of para-hydroxylation sites is 3. The second kappa shape index (κ2) is 8.83. The third-order valence-corrected chi connectivity index (χ3v) is 4.02. The van der Waals surface area contributed by atoms with E-state index in [4.69, 9.17) is 9.47 Å². The molecule has 2 aromatic carbocycles. The molecule has 0 aliphatic heterocycles. The van der Waals surface area contributed by atoms with E-state index in [0.29, 0.717) is 28.4 Å². The first-order chi connectivity index (χ1) is 14.0. The Balaban J connectivity index is 1.87. The van der Waals surface area contributed by atoms with Gasteiger partial charge in [0.25, 0.3) is 5.91 Å². The van der Waals surface area contributed by atoms with Gasteiger partial charge >= 0.3 is 5.97 Å². The Kier molecular flexibility index (Phi) is 6.03. The van der Waals surface area contributed by atoms with Crippen molar-refractivity contribution in [1.29, 1.82) is 0 Å². The fourth-order valence-corrected chi connectivity index (χ4v) is 2.68. The number of ether oxygens (including phenoxy) is 2. The highest BCUT2D eigenvalue weighted by Gasteiger charge is 2.15. The number of amides is 1. The molecule has 0 aliphatic carbocycles. The molecule has 148 valence electrons. The van der Waals surface area contributed by atoms with Crippen LogP contribution in [0.2, 0.25) is 0 Å². The van der Waals surface area contributed by atoms with E-state index in [-0.39, 0.29) is 11.6 Å². The molecule has 1 amide bonds. The SMILES string of the molecule is COC(=O)c1ccccc1Nc1nc(C)cc(C(=O)Nc2ccccc2OC)n1. The quantitative estimate of drug-likeness (QED) is 0.618. The van der Waals surface area contributed by atoms with Gasteiger partial charge in [-0.05, 0) is 37.3 Å². The Labute approximate surface area is 167 Å². The Hall–Kier alpha value is -3.94. The van der Waals surface area contributed by atoms with Crippen LogP contribution in [0.1, 0.15) is 26.5 Å². The average molecular weight is 392 g/mol. The van der Waals surface area contributed by atoms with Crippen LogP contribution in [0.5, 0.6) is 5.75 Å². The number of hydrogen-bond acceptors (Lipinski definition) is 7. The molecular weight excluding hydrogens is 372 g/mol. The summed E-state index contributed by atoms with van der Waals surface area (Å²) in [6.07, 6.45) is 0. The van der Waals surface area contributed by atoms with Crippen LogP contribution in [0, 0.1) is 6.92 Å². The standard InChI is InChI=1S/C21H20N4O4/c1-13-12-17(19(26)23-16-10-6-7-11-18(16)28-2)25-21(22-13)24-15-9-5-4-8-14(15)20(27)29-3/h4-12H,1-3H3,(H,23,26)(H,22,24,25). The summed E-state index contributed by atoms with van der Waals surface area (Å²) in [7, 11) is 2.84. The minimum absolute atomic E-state index is 0.168. The molecule has 0 saturated heterocycles. The van der Waals surface area contributed by atoms with Crippen LogP contribution >= 0.6 is 0 Å². The third kappa shape index (κ3) is 4.67. The maximum atomic E-state index is 12.7. The lowest BCUT2D eigenvalue weighted by atomic mass is 10.2. The van der Waals surface area contributed by atoms with Crippen molar-refractivity contribution < 1.29 is 19.1 Å². The number of nitrogens with one attached hydrogen (secondary N) is 2. The molecule has 3 rings (SSSR count). The summed E-state index contributed by atoms with van der Waals surface area (Å²) in [4.78, 5) is 33.2. The summed E-state index contributed by atoms with van der Waals surface area (Å²) in [6, 6.07) is 15.5. The average Bonchev–Trinajstić information content (AvgIpc) is 2.73. The normalized spacial score (nSPS) is 10.2. The number of aromatic nitrogens is 2. The molecule has 0 saturated carbocycles. The van der Waals surface area contributed by atoms with Gasteiger partial charge in [0.1, 0.15) is 11.4 Å². The minimum atomic E-state index is -0.491. The molecule has 1 heterocycles. The molecule has 0 spiro atoms. The largest absolute Gasteiger partial charge is 0.495 e. The fraction of sp³-hybridized carbons (Fsp3) is 0.143. The number of anilines is 3. The van der Waals surface area contributed by atoms with E-state index in [9.17, 15) is 9.59 Å².